The molecule has 0 bridgehead atoms. The maximum Gasteiger partial charge on any atom is 0.354 e. The smallest absolute Gasteiger partial charge is 0.354 e. The molecule has 0 radical (unpaired) electrons. The number of halogens is 1. The van der Waals surface area contributed by atoms with E-state index in [4.69, 9.17) is 5.11 Å². The number of rotatable bonds is 4. The molecule has 0 atom stereocenters. The molecule has 2 aromatic rings. The average molecular weight is 275 g/mol. The number of benzene rings is 1. The van der Waals surface area contributed by atoms with Crippen LogP contribution in [0.15, 0.2) is 30.3 Å². The number of hydrogen-bond donors (Lipinski definition) is 2. The molecule has 20 heavy (non-hydrogen) atoms. The first-order valence-electron chi connectivity index (χ1n) is 6.11. The summed E-state index contributed by atoms with van der Waals surface area (Å²) in [5.74, 6) is -1.28. The van der Waals surface area contributed by atoms with Gasteiger partial charge in [-0.25, -0.2) is 19.2 Å². The second-order valence-corrected chi connectivity index (χ2v) is 4.55. The van der Waals surface area contributed by atoms with Gasteiger partial charge in [0, 0.05) is 12.1 Å². The Hall–Kier alpha value is -2.50. The highest BCUT2D eigenvalue weighted by atomic mass is 19.1. The van der Waals surface area contributed by atoms with Gasteiger partial charge in [-0.2, -0.15) is 0 Å². The third-order valence-electron chi connectivity index (χ3n) is 2.50. The summed E-state index contributed by atoms with van der Waals surface area (Å²) in [6, 6.07) is 7.38. The Morgan fingerprint density at radius 1 is 1.30 bits per heavy atom. The van der Waals surface area contributed by atoms with E-state index in [0.717, 1.165) is 0 Å². The maximum absolute atomic E-state index is 13.8. The Kier molecular flexibility index (Phi) is 3.93. The molecule has 0 aliphatic rings. The molecule has 104 valence electrons. The lowest BCUT2D eigenvalue weighted by Gasteiger charge is -2.11. The zero-order chi connectivity index (χ0) is 14.7. The van der Waals surface area contributed by atoms with E-state index in [2.05, 4.69) is 15.3 Å². The van der Waals surface area contributed by atoms with Crippen molar-refractivity contribution in [3.05, 3.63) is 41.8 Å². The molecule has 0 aliphatic heterocycles. The van der Waals surface area contributed by atoms with Gasteiger partial charge in [-0.1, -0.05) is 12.1 Å². The Morgan fingerprint density at radius 3 is 2.60 bits per heavy atom. The van der Waals surface area contributed by atoms with Crippen molar-refractivity contribution in [1.29, 1.82) is 0 Å². The molecule has 0 aliphatic carbocycles. The number of aromatic nitrogens is 2. The summed E-state index contributed by atoms with van der Waals surface area (Å²) in [7, 11) is 0. The number of carboxylic acid groups (broad SMARTS) is 1. The third-order valence-corrected chi connectivity index (χ3v) is 2.50. The molecular formula is C14H14FN3O2. The molecule has 0 fully saturated rings. The van der Waals surface area contributed by atoms with E-state index in [0.29, 0.717) is 5.82 Å². The molecule has 2 rings (SSSR count). The van der Waals surface area contributed by atoms with Crippen LogP contribution in [0.25, 0.3) is 11.4 Å². The number of nitrogens with zero attached hydrogens (tertiary/aromatic N) is 2. The van der Waals surface area contributed by atoms with Crippen LogP contribution in [-0.2, 0) is 0 Å². The fourth-order valence-corrected chi connectivity index (χ4v) is 1.69. The van der Waals surface area contributed by atoms with Crippen molar-refractivity contribution in [2.45, 2.75) is 19.9 Å². The lowest BCUT2D eigenvalue weighted by atomic mass is 10.2. The molecule has 0 spiro atoms. The fraction of sp³-hybridized carbons (Fsp3) is 0.214. The van der Waals surface area contributed by atoms with Crippen molar-refractivity contribution in [1.82, 2.24) is 9.97 Å². The number of hydrogen-bond acceptors (Lipinski definition) is 4. The van der Waals surface area contributed by atoms with Gasteiger partial charge in [0.25, 0.3) is 0 Å². The maximum atomic E-state index is 13.8. The van der Waals surface area contributed by atoms with Crippen molar-refractivity contribution >= 4 is 11.8 Å². The summed E-state index contributed by atoms with van der Waals surface area (Å²) in [5.41, 5.74) is -0.0104. The highest BCUT2D eigenvalue weighted by Gasteiger charge is 2.14. The van der Waals surface area contributed by atoms with Crippen LogP contribution in [0.3, 0.4) is 0 Å². The van der Waals surface area contributed by atoms with Crippen molar-refractivity contribution in [2.75, 3.05) is 5.32 Å². The fourth-order valence-electron chi connectivity index (χ4n) is 1.69. The Balaban J connectivity index is 2.55. The third kappa shape index (κ3) is 3.09. The molecule has 6 heteroatoms. The van der Waals surface area contributed by atoms with Gasteiger partial charge in [0.2, 0.25) is 0 Å². The summed E-state index contributed by atoms with van der Waals surface area (Å²) in [6.45, 7) is 3.79. The molecule has 0 saturated heterocycles. The SMILES string of the molecule is CC(C)Nc1cc(C(=O)O)nc(-c2ccccc2F)n1. The highest BCUT2D eigenvalue weighted by molar-refractivity contribution is 5.87. The predicted octanol–water partition coefficient (Wildman–Crippen LogP) is 2.80. The quantitative estimate of drug-likeness (QED) is 0.897. The van der Waals surface area contributed by atoms with Gasteiger partial charge >= 0.3 is 5.97 Å². The number of carbonyl (C=O) groups is 1. The zero-order valence-corrected chi connectivity index (χ0v) is 11.1. The van der Waals surface area contributed by atoms with Crippen molar-refractivity contribution in [2.24, 2.45) is 0 Å². The topological polar surface area (TPSA) is 75.1 Å². The van der Waals surface area contributed by atoms with E-state index in [1.807, 2.05) is 13.8 Å². The van der Waals surface area contributed by atoms with Crippen LogP contribution < -0.4 is 5.32 Å². The first-order chi connectivity index (χ1) is 9.47. The number of aromatic carboxylic acids is 1. The van der Waals surface area contributed by atoms with Gasteiger partial charge in [0.1, 0.15) is 11.6 Å². The number of carboxylic acids is 1. The van der Waals surface area contributed by atoms with E-state index < -0.39 is 11.8 Å². The van der Waals surface area contributed by atoms with Crippen LogP contribution in [0.5, 0.6) is 0 Å². The summed E-state index contributed by atoms with van der Waals surface area (Å²) in [5, 5.41) is 12.1. The standard InChI is InChI=1S/C14H14FN3O2/c1-8(2)16-12-7-11(14(19)20)17-13(18-12)9-5-3-4-6-10(9)15/h3-8H,1-2H3,(H,19,20)(H,16,17,18). The summed E-state index contributed by atoms with van der Waals surface area (Å²) >= 11 is 0. The number of anilines is 1. The van der Waals surface area contributed by atoms with Crippen molar-refractivity contribution < 1.29 is 14.3 Å². The lowest BCUT2D eigenvalue weighted by molar-refractivity contribution is 0.0690. The minimum absolute atomic E-state index is 0.0474. The zero-order valence-electron chi connectivity index (χ0n) is 11.1. The minimum atomic E-state index is -1.18. The van der Waals surface area contributed by atoms with E-state index in [-0.39, 0.29) is 23.1 Å². The highest BCUT2D eigenvalue weighted by Crippen LogP contribution is 2.21. The van der Waals surface area contributed by atoms with Gasteiger partial charge in [0.05, 0.1) is 5.56 Å². The van der Waals surface area contributed by atoms with E-state index in [9.17, 15) is 9.18 Å². The molecule has 2 N–H and O–H groups in total. The van der Waals surface area contributed by atoms with Gasteiger partial charge in [-0.3, -0.25) is 0 Å². The summed E-state index contributed by atoms with van der Waals surface area (Å²) < 4.78 is 13.8. The van der Waals surface area contributed by atoms with Crippen molar-refractivity contribution in [3.63, 3.8) is 0 Å². The average Bonchev–Trinajstić information content (AvgIpc) is 2.38. The van der Waals surface area contributed by atoms with Crippen LogP contribution >= 0.6 is 0 Å². The van der Waals surface area contributed by atoms with Crippen LogP contribution in [0.4, 0.5) is 10.2 Å². The molecule has 1 aromatic heterocycles. The minimum Gasteiger partial charge on any atom is -0.477 e. The molecule has 0 saturated carbocycles. The molecule has 0 amide bonds. The van der Waals surface area contributed by atoms with Crippen LogP contribution in [0, 0.1) is 5.82 Å². The molecule has 0 unspecified atom stereocenters. The molecular weight excluding hydrogens is 261 g/mol. The Bertz CT molecular complexity index is 644. The van der Waals surface area contributed by atoms with E-state index in [1.165, 1.54) is 18.2 Å². The summed E-state index contributed by atoms with van der Waals surface area (Å²) in [4.78, 5) is 19.1. The van der Waals surface area contributed by atoms with Crippen LogP contribution in [0.2, 0.25) is 0 Å². The van der Waals surface area contributed by atoms with Gasteiger partial charge in [0.15, 0.2) is 11.5 Å². The van der Waals surface area contributed by atoms with E-state index >= 15 is 0 Å². The van der Waals surface area contributed by atoms with Gasteiger partial charge < -0.3 is 10.4 Å². The lowest BCUT2D eigenvalue weighted by Crippen LogP contribution is -2.13. The summed E-state index contributed by atoms with van der Waals surface area (Å²) in [6.07, 6.45) is 0. The van der Waals surface area contributed by atoms with Gasteiger partial charge in [-0.15, -0.1) is 0 Å². The second-order valence-electron chi connectivity index (χ2n) is 4.55. The van der Waals surface area contributed by atoms with Crippen LogP contribution in [0.1, 0.15) is 24.3 Å². The van der Waals surface area contributed by atoms with Crippen LogP contribution in [-0.4, -0.2) is 27.1 Å². The monoisotopic (exact) mass is 275 g/mol. The number of nitrogens with one attached hydrogen (secondary N) is 1. The first-order valence-corrected chi connectivity index (χ1v) is 6.11. The van der Waals surface area contributed by atoms with E-state index in [1.54, 1.807) is 12.1 Å². The largest absolute Gasteiger partial charge is 0.477 e. The Labute approximate surface area is 115 Å². The molecule has 1 heterocycles. The van der Waals surface area contributed by atoms with Crippen molar-refractivity contribution in [3.8, 4) is 11.4 Å². The molecule has 1 aromatic carbocycles. The predicted molar refractivity (Wildman–Crippen MR) is 73.1 cm³/mol. The molecule has 5 nitrogen and oxygen atoms in total. The second kappa shape index (κ2) is 5.64. The first kappa shape index (κ1) is 13.9. The normalized spacial score (nSPS) is 10.6. The Morgan fingerprint density at radius 2 is 2.00 bits per heavy atom. The van der Waals surface area contributed by atoms with Gasteiger partial charge in [-0.05, 0) is 26.0 Å².